The van der Waals surface area contributed by atoms with Crippen LogP contribution in [0.1, 0.15) is 11.7 Å². The van der Waals surface area contributed by atoms with E-state index in [-0.39, 0.29) is 5.69 Å². The highest BCUT2D eigenvalue weighted by Gasteiger charge is 2.10. The summed E-state index contributed by atoms with van der Waals surface area (Å²) < 4.78 is 1.07. The summed E-state index contributed by atoms with van der Waals surface area (Å²) in [6.45, 7) is 0.345. The van der Waals surface area contributed by atoms with Crippen molar-refractivity contribution in [3.05, 3.63) is 67.8 Å². The van der Waals surface area contributed by atoms with E-state index in [0.29, 0.717) is 12.1 Å². The summed E-state index contributed by atoms with van der Waals surface area (Å²) in [6.07, 6.45) is -0.716. The molecule has 0 radical (unpaired) electrons. The first-order valence-electron chi connectivity index (χ1n) is 5.99. The first kappa shape index (κ1) is 14.7. The van der Waals surface area contributed by atoms with E-state index in [1.54, 1.807) is 12.1 Å². The van der Waals surface area contributed by atoms with Gasteiger partial charge in [0.2, 0.25) is 0 Å². The predicted octanol–water partition coefficient (Wildman–Crippen LogP) is 3.34. The summed E-state index contributed by atoms with van der Waals surface area (Å²) >= 11 is 2.21. The second kappa shape index (κ2) is 6.67. The molecule has 1 atom stereocenters. The maximum Gasteiger partial charge on any atom is 0.269 e. The highest BCUT2D eigenvalue weighted by atomic mass is 127. The number of nitro groups is 1. The summed E-state index contributed by atoms with van der Waals surface area (Å²) in [7, 11) is 0. The third-order valence-corrected chi connectivity index (χ3v) is 3.79. The van der Waals surface area contributed by atoms with Gasteiger partial charge in [-0.05, 0) is 52.4 Å². The Morgan fingerprint density at radius 1 is 1.20 bits per heavy atom. The Kier molecular flexibility index (Phi) is 4.91. The lowest BCUT2D eigenvalue weighted by molar-refractivity contribution is -0.384. The number of aliphatic hydroxyl groups is 1. The van der Waals surface area contributed by atoms with Gasteiger partial charge in [-0.1, -0.05) is 12.1 Å². The monoisotopic (exact) mass is 384 g/mol. The van der Waals surface area contributed by atoms with Gasteiger partial charge in [-0.2, -0.15) is 0 Å². The first-order chi connectivity index (χ1) is 9.58. The lowest BCUT2D eigenvalue weighted by Gasteiger charge is -2.14. The minimum atomic E-state index is -0.716. The van der Waals surface area contributed by atoms with E-state index in [0.717, 1.165) is 9.26 Å². The van der Waals surface area contributed by atoms with Gasteiger partial charge in [0, 0.05) is 27.9 Å². The Morgan fingerprint density at radius 3 is 2.45 bits per heavy atom. The molecule has 20 heavy (non-hydrogen) atoms. The number of benzene rings is 2. The van der Waals surface area contributed by atoms with Crippen molar-refractivity contribution in [1.29, 1.82) is 0 Å². The summed E-state index contributed by atoms with van der Waals surface area (Å²) in [5, 5.41) is 23.8. The fourth-order valence-corrected chi connectivity index (χ4v) is 2.33. The van der Waals surface area contributed by atoms with Crippen LogP contribution in [0.15, 0.2) is 48.5 Å². The van der Waals surface area contributed by atoms with Crippen LogP contribution in [0.3, 0.4) is 0 Å². The molecule has 104 valence electrons. The molecule has 0 fully saturated rings. The fraction of sp³-hybridized carbons (Fsp3) is 0.143. The molecular formula is C14H13IN2O3. The summed E-state index contributed by atoms with van der Waals surface area (Å²) in [6, 6.07) is 13.7. The molecule has 2 rings (SSSR count). The molecule has 2 aromatic carbocycles. The molecule has 0 aliphatic rings. The van der Waals surface area contributed by atoms with Crippen LogP contribution in [-0.2, 0) is 0 Å². The number of para-hydroxylation sites is 1. The van der Waals surface area contributed by atoms with Gasteiger partial charge in [0.05, 0.1) is 11.0 Å². The van der Waals surface area contributed by atoms with E-state index in [1.807, 2.05) is 24.3 Å². The molecule has 2 N–H and O–H groups in total. The number of aliphatic hydroxyl groups excluding tert-OH is 1. The van der Waals surface area contributed by atoms with E-state index in [4.69, 9.17) is 0 Å². The van der Waals surface area contributed by atoms with Crippen LogP contribution < -0.4 is 5.32 Å². The van der Waals surface area contributed by atoms with Crippen LogP contribution in [0.2, 0.25) is 0 Å². The minimum Gasteiger partial charge on any atom is -0.387 e. The van der Waals surface area contributed by atoms with Crippen molar-refractivity contribution in [2.24, 2.45) is 0 Å². The summed E-state index contributed by atoms with van der Waals surface area (Å²) in [4.78, 5) is 10.1. The lowest BCUT2D eigenvalue weighted by atomic mass is 10.1. The van der Waals surface area contributed by atoms with Crippen LogP contribution in [0.4, 0.5) is 11.4 Å². The van der Waals surface area contributed by atoms with Crippen LogP contribution in [-0.4, -0.2) is 16.6 Å². The molecule has 0 aliphatic carbocycles. The van der Waals surface area contributed by atoms with E-state index < -0.39 is 11.0 Å². The van der Waals surface area contributed by atoms with Crippen molar-refractivity contribution in [2.45, 2.75) is 6.10 Å². The number of hydrogen-bond acceptors (Lipinski definition) is 4. The molecule has 1 unspecified atom stereocenters. The van der Waals surface area contributed by atoms with E-state index in [9.17, 15) is 15.2 Å². The molecule has 2 aromatic rings. The number of nitrogens with one attached hydrogen (secondary N) is 1. The molecule has 0 amide bonds. The summed E-state index contributed by atoms with van der Waals surface area (Å²) in [5.74, 6) is 0. The molecule has 5 nitrogen and oxygen atoms in total. The van der Waals surface area contributed by atoms with Crippen LogP contribution in [0, 0.1) is 13.7 Å². The first-order valence-corrected chi connectivity index (χ1v) is 7.06. The number of nitro benzene ring substituents is 1. The SMILES string of the molecule is O=[N+]([O-])c1ccc(C(O)CNc2ccccc2I)cc1. The van der Waals surface area contributed by atoms with Gasteiger partial charge in [-0.25, -0.2) is 0 Å². The predicted molar refractivity (Wildman–Crippen MR) is 85.7 cm³/mol. The summed E-state index contributed by atoms with van der Waals surface area (Å²) in [5.41, 5.74) is 1.62. The average molecular weight is 384 g/mol. The van der Waals surface area contributed by atoms with Crippen LogP contribution in [0.5, 0.6) is 0 Å². The molecule has 0 aliphatic heterocycles. The maximum atomic E-state index is 10.6. The Bertz CT molecular complexity index is 602. The highest BCUT2D eigenvalue weighted by molar-refractivity contribution is 14.1. The van der Waals surface area contributed by atoms with Gasteiger partial charge in [0.1, 0.15) is 0 Å². The Labute approximate surface area is 129 Å². The number of hydrogen-bond donors (Lipinski definition) is 2. The average Bonchev–Trinajstić information content (AvgIpc) is 2.46. The lowest BCUT2D eigenvalue weighted by Crippen LogP contribution is -2.12. The molecule has 0 aromatic heterocycles. The Hall–Kier alpha value is -1.67. The van der Waals surface area contributed by atoms with E-state index >= 15 is 0 Å². The minimum absolute atomic E-state index is 0.0199. The van der Waals surface area contributed by atoms with E-state index in [1.165, 1.54) is 12.1 Å². The van der Waals surface area contributed by atoms with Crippen molar-refractivity contribution >= 4 is 34.0 Å². The van der Waals surface area contributed by atoms with Gasteiger partial charge in [-0.15, -0.1) is 0 Å². The number of nitrogens with zero attached hydrogens (tertiary/aromatic N) is 1. The topological polar surface area (TPSA) is 75.4 Å². The smallest absolute Gasteiger partial charge is 0.269 e. The van der Waals surface area contributed by atoms with Gasteiger partial charge in [0.15, 0.2) is 0 Å². The van der Waals surface area contributed by atoms with Gasteiger partial charge in [-0.3, -0.25) is 10.1 Å². The van der Waals surface area contributed by atoms with Crippen molar-refractivity contribution in [3.63, 3.8) is 0 Å². The van der Waals surface area contributed by atoms with Crippen LogP contribution >= 0.6 is 22.6 Å². The highest BCUT2D eigenvalue weighted by Crippen LogP contribution is 2.21. The zero-order valence-corrected chi connectivity index (χ0v) is 12.6. The molecule has 0 saturated heterocycles. The third-order valence-electron chi connectivity index (χ3n) is 2.85. The number of non-ortho nitro benzene ring substituents is 1. The molecule has 0 bridgehead atoms. The number of anilines is 1. The van der Waals surface area contributed by atoms with Crippen LogP contribution in [0.25, 0.3) is 0 Å². The number of rotatable bonds is 5. The second-order valence-electron chi connectivity index (χ2n) is 4.23. The quantitative estimate of drug-likeness (QED) is 0.471. The molecule has 6 heteroatoms. The Morgan fingerprint density at radius 2 is 1.85 bits per heavy atom. The van der Waals surface area contributed by atoms with Gasteiger partial charge in [0.25, 0.3) is 5.69 Å². The van der Waals surface area contributed by atoms with Gasteiger partial charge < -0.3 is 10.4 Å². The zero-order chi connectivity index (χ0) is 14.5. The molecular weight excluding hydrogens is 371 g/mol. The van der Waals surface area contributed by atoms with Crippen molar-refractivity contribution in [2.75, 3.05) is 11.9 Å². The largest absolute Gasteiger partial charge is 0.387 e. The van der Waals surface area contributed by atoms with Crippen molar-refractivity contribution in [1.82, 2.24) is 0 Å². The fourth-order valence-electron chi connectivity index (χ4n) is 1.75. The Balaban J connectivity index is 2.00. The number of halogens is 1. The zero-order valence-electron chi connectivity index (χ0n) is 10.5. The van der Waals surface area contributed by atoms with Gasteiger partial charge >= 0.3 is 0 Å². The van der Waals surface area contributed by atoms with Crippen molar-refractivity contribution < 1.29 is 10.0 Å². The maximum absolute atomic E-state index is 10.6. The van der Waals surface area contributed by atoms with Crippen molar-refractivity contribution in [3.8, 4) is 0 Å². The normalized spacial score (nSPS) is 11.9. The molecule has 0 spiro atoms. The molecule has 0 saturated carbocycles. The third kappa shape index (κ3) is 3.67. The standard InChI is InChI=1S/C14H13IN2O3/c15-12-3-1-2-4-13(12)16-9-14(18)10-5-7-11(8-6-10)17(19)20/h1-8,14,16,18H,9H2. The van der Waals surface area contributed by atoms with E-state index in [2.05, 4.69) is 27.9 Å². The molecule has 0 heterocycles. The second-order valence-corrected chi connectivity index (χ2v) is 5.39.